The van der Waals surface area contributed by atoms with Crippen LogP contribution in [-0.2, 0) is 4.79 Å². The van der Waals surface area contributed by atoms with Crippen LogP contribution in [0.25, 0.3) is 22.5 Å². The van der Waals surface area contributed by atoms with Gasteiger partial charge < -0.3 is 14.3 Å². The molecule has 1 unspecified atom stereocenters. The molecule has 0 aliphatic rings. The summed E-state index contributed by atoms with van der Waals surface area (Å²) in [7, 11) is 0. The van der Waals surface area contributed by atoms with E-state index in [0.29, 0.717) is 22.5 Å². The van der Waals surface area contributed by atoms with Gasteiger partial charge in [0.15, 0.2) is 5.58 Å². The molecule has 0 bridgehead atoms. The molecule has 1 amide bonds. The van der Waals surface area contributed by atoms with E-state index in [9.17, 15) is 4.79 Å². The number of nitrogens with zero attached hydrogens (tertiary/aromatic N) is 4. The summed E-state index contributed by atoms with van der Waals surface area (Å²) in [5.41, 5.74) is 2.27. The summed E-state index contributed by atoms with van der Waals surface area (Å²) >= 11 is 1.24. The maximum Gasteiger partial charge on any atom is 0.257 e. The lowest BCUT2D eigenvalue weighted by Gasteiger charge is -2.18. The Bertz CT molecular complexity index is 1080. The molecule has 0 radical (unpaired) electrons. The van der Waals surface area contributed by atoms with Gasteiger partial charge in [-0.1, -0.05) is 42.9 Å². The zero-order valence-electron chi connectivity index (χ0n) is 15.9. The molecule has 0 saturated heterocycles. The van der Waals surface area contributed by atoms with Gasteiger partial charge in [-0.3, -0.25) is 9.78 Å². The highest BCUT2D eigenvalue weighted by Gasteiger charge is 2.25. The number of carbonyl (C=O) groups is 1. The molecule has 1 aromatic carbocycles. The van der Waals surface area contributed by atoms with Gasteiger partial charge in [0.05, 0.1) is 5.75 Å². The van der Waals surface area contributed by atoms with E-state index in [1.807, 2.05) is 38.1 Å². The summed E-state index contributed by atoms with van der Waals surface area (Å²) in [4.78, 5) is 25.3. The van der Waals surface area contributed by atoms with Crippen molar-refractivity contribution in [3.8, 4) is 11.4 Å². The van der Waals surface area contributed by atoms with Crippen molar-refractivity contribution >= 4 is 28.8 Å². The summed E-state index contributed by atoms with van der Waals surface area (Å²) in [6, 6.07) is 10.7. The standard InChI is InChI=1S/C20H19N5O3S/c1-12(2)17(19-24-18(25-28-19)13-7-9-21-10-8-13)23-16(26)11-29-20-22-14-5-3-4-6-15(14)27-20/h3-10,12,17H,11H2,1-2H3,(H,23,26). The van der Waals surface area contributed by atoms with Crippen molar-refractivity contribution in [1.29, 1.82) is 0 Å². The highest BCUT2D eigenvalue weighted by molar-refractivity contribution is 7.99. The minimum absolute atomic E-state index is 0.0685. The minimum atomic E-state index is -0.394. The predicted molar refractivity (Wildman–Crippen MR) is 108 cm³/mol. The van der Waals surface area contributed by atoms with Crippen molar-refractivity contribution in [3.05, 3.63) is 54.7 Å². The van der Waals surface area contributed by atoms with Gasteiger partial charge in [0, 0.05) is 18.0 Å². The SMILES string of the molecule is CC(C)C(NC(=O)CSc1nc2ccccc2o1)c1nc(-c2ccncc2)no1. The molecule has 0 aliphatic carbocycles. The van der Waals surface area contributed by atoms with E-state index in [-0.39, 0.29) is 17.6 Å². The van der Waals surface area contributed by atoms with Crippen LogP contribution in [0.3, 0.4) is 0 Å². The number of carbonyl (C=O) groups excluding carboxylic acids is 1. The second kappa shape index (κ2) is 8.44. The van der Waals surface area contributed by atoms with Gasteiger partial charge in [0.1, 0.15) is 11.6 Å². The second-order valence-electron chi connectivity index (χ2n) is 6.72. The third-order valence-electron chi connectivity index (χ3n) is 4.23. The molecule has 0 spiro atoms. The zero-order chi connectivity index (χ0) is 20.2. The van der Waals surface area contributed by atoms with Gasteiger partial charge in [0.2, 0.25) is 17.6 Å². The van der Waals surface area contributed by atoms with E-state index < -0.39 is 6.04 Å². The van der Waals surface area contributed by atoms with Crippen LogP contribution in [-0.4, -0.2) is 31.8 Å². The van der Waals surface area contributed by atoms with Crippen molar-refractivity contribution < 1.29 is 13.7 Å². The third kappa shape index (κ3) is 4.45. The molecule has 1 atom stereocenters. The lowest BCUT2D eigenvalue weighted by molar-refractivity contribution is -0.119. The van der Waals surface area contributed by atoms with E-state index in [0.717, 1.165) is 11.1 Å². The van der Waals surface area contributed by atoms with Crippen LogP contribution >= 0.6 is 11.8 Å². The third-order valence-corrected chi connectivity index (χ3v) is 5.06. The minimum Gasteiger partial charge on any atom is -0.431 e. The van der Waals surface area contributed by atoms with Crippen LogP contribution in [0.1, 0.15) is 25.8 Å². The van der Waals surface area contributed by atoms with Gasteiger partial charge in [-0.05, 0) is 30.2 Å². The Balaban J connectivity index is 1.41. The highest BCUT2D eigenvalue weighted by atomic mass is 32.2. The number of benzene rings is 1. The largest absolute Gasteiger partial charge is 0.431 e. The molecule has 4 rings (SSSR count). The fourth-order valence-electron chi connectivity index (χ4n) is 2.75. The van der Waals surface area contributed by atoms with Crippen LogP contribution in [0.2, 0.25) is 0 Å². The zero-order valence-corrected chi connectivity index (χ0v) is 16.7. The summed E-state index contributed by atoms with van der Waals surface area (Å²) in [5.74, 6) is 0.898. The number of nitrogens with one attached hydrogen (secondary N) is 1. The lowest BCUT2D eigenvalue weighted by Crippen LogP contribution is -2.33. The molecule has 3 heterocycles. The molecule has 8 nitrogen and oxygen atoms in total. The molecule has 4 aromatic rings. The highest BCUT2D eigenvalue weighted by Crippen LogP contribution is 2.25. The molecule has 29 heavy (non-hydrogen) atoms. The van der Waals surface area contributed by atoms with Crippen molar-refractivity contribution in [1.82, 2.24) is 25.4 Å². The van der Waals surface area contributed by atoms with Crippen LogP contribution in [0.4, 0.5) is 0 Å². The van der Waals surface area contributed by atoms with Crippen LogP contribution < -0.4 is 5.32 Å². The number of aromatic nitrogens is 4. The normalized spacial score (nSPS) is 12.4. The molecule has 9 heteroatoms. The van der Waals surface area contributed by atoms with Gasteiger partial charge in [-0.25, -0.2) is 4.98 Å². The number of hydrogen-bond acceptors (Lipinski definition) is 8. The first kappa shape index (κ1) is 19.1. The van der Waals surface area contributed by atoms with Gasteiger partial charge in [-0.2, -0.15) is 4.98 Å². The summed E-state index contributed by atoms with van der Waals surface area (Å²) in [6.07, 6.45) is 3.33. The quantitative estimate of drug-likeness (QED) is 0.458. The van der Waals surface area contributed by atoms with Crippen LogP contribution in [0, 0.1) is 5.92 Å². The average Bonchev–Trinajstić information content (AvgIpc) is 3.38. The molecule has 148 valence electrons. The fraction of sp³-hybridized carbons (Fsp3) is 0.250. The Labute approximate surface area is 171 Å². The first-order valence-electron chi connectivity index (χ1n) is 9.12. The van der Waals surface area contributed by atoms with E-state index in [2.05, 4.69) is 25.4 Å². The predicted octanol–water partition coefficient (Wildman–Crippen LogP) is 3.88. The molecule has 3 aromatic heterocycles. The van der Waals surface area contributed by atoms with Crippen LogP contribution in [0.5, 0.6) is 0 Å². The first-order chi connectivity index (χ1) is 14.1. The number of para-hydroxylation sites is 2. The molecule has 0 fully saturated rings. The summed E-state index contributed by atoms with van der Waals surface area (Å²) in [5, 5.41) is 7.44. The van der Waals surface area contributed by atoms with Crippen molar-refractivity contribution in [2.75, 3.05) is 5.75 Å². The monoisotopic (exact) mass is 409 g/mol. The van der Waals surface area contributed by atoms with E-state index in [1.165, 1.54) is 11.8 Å². The number of hydrogen-bond donors (Lipinski definition) is 1. The molecule has 1 N–H and O–H groups in total. The summed E-state index contributed by atoms with van der Waals surface area (Å²) < 4.78 is 11.0. The van der Waals surface area contributed by atoms with E-state index in [1.54, 1.807) is 24.5 Å². The number of thioether (sulfide) groups is 1. The number of fused-ring (bicyclic) bond motifs is 1. The average molecular weight is 409 g/mol. The molecule has 0 saturated carbocycles. The first-order valence-corrected chi connectivity index (χ1v) is 10.1. The number of pyridine rings is 1. The summed E-state index contributed by atoms with van der Waals surface area (Å²) in [6.45, 7) is 3.96. The number of amides is 1. The Morgan fingerprint density at radius 2 is 1.93 bits per heavy atom. The Morgan fingerprint density at radius 1 is 1.14 bits per heavy atom. The van der Waals surface area contributed by atoms with Gasteiger partial charge in [0.25, 0.3) is 5.22 Å². The van der Waals surface area contributed by atoms with Crippen molar-refractivity contribution in [2.24, 2.45) is 5.92 Å². The smallest absolute Gasteiger partial charge is 0.257 e. The topological polar surface area (TPSA) is 107 Å². The molecule has 0 aliphatic heterocycles. The van der Waals surface area contributed by atoms with E-state index in [4.69, 9.17) is 8.94 Å². The van der Waals surface area contributed by atoms with Crippen molar-refractivity contribution in [3.63, 3.8) is 0 Å². The molecular weight excluding hydrogens is 390 g/mol. The lowest BCUT2D eigenvalue weighted by atomic mass is 10.0. The Kier molecular flexibility index (Phi) is 5.57. The maximum absolute atomic E-state index is 12.5. The van der Waals surface area contributed by atoms with Gasteiger partial charge >= 0.3 is 0 Å². The Hall–Kier alpha value is -3.20. The van der Waals surface area contributed by atoms with Crippen LogP contribution in [0.15, 0.2) is 63.0 Å². The van der Waals surface area contributed by atoms with Crippen molar-refractivity contribution in [2.45, 2.75) is 25.1 Å². The van der Waals surface area contributed by atoms with E-state index >= 15 is 0 Å². The maximum atomic E-state index is 12.5. The fourth-order valence-corrected chi connectivity index (χ4v) is 3.40. The van der Waals surface area contributed by atoms with Gasteiger partial charge in [-0.15, -0.1) is 0 Å². The number of rotatable bonds is 7. The second-order valence-corrected chi connectivity index (χ2v) is 7.64. The Morgan fingerprint density at radius 3 is 2.69 bits per heavy atom. The number of oxazole rings is 1. The molecular formula is C20H19N5O3S.